The van der Waals surface area contributed by atoms with E-state index in [9.17, 15) is 0 Å². The van der Waals surface area contributed by atoms with E-state index in [-0.39, 0.29) is 12.4 Å². The largest absolute Gasteiger partial charge is 1.00 e. The van der Waals surface area contributed by atoms with Crippen molar-refractivity contribution >= 4 is 5.69 Å². The zero-order valence-electron chi connectivity index (χ0n) is 14.5. The SMILES string of the molecule is CCCCCCCCCC[N+](C)(C)c1ccccc1C.[Cl-]. The van der Waals surface area contributed by atoms with Gasteiger partial charge in [-0.3, -0.25) is 4.48 Å². The molecule has 0 atom stereocenters. The lowest BCUT2D eigenvalue weighted by atomic mass is 10.1. The summed E-state index contributed by atoms with van der Waals surface area (Å²) in [5.41, 5.74) is 2.88. The molecule has 0 saturated heterocycles. The first-order valence-electron chi connectivity index (χ1n) is 8.47. The molecule has 0 radical (unpaired) electrons. The van der Waals surface area contributed by atoms with Crippen LogP contribution in [0.5, 0.6) is 0 Å². The van der Waals surface area contributed by atoms with Crippen molar-refractivity contribution in [3.8, 4) is 0 Å². The van der Waals surface area contributed by atoms with Crippen molar-refractivity contribution in [2.24, 2.45) is 0 Å². The first-order chi connectivity index (χ1) is 9.58. The number of unbranched alkanes of at least 4 members (excludes halogenated alkanes) is 7. The van der Waals surface area contributed by atoms with Crippen LogP contribution in [-0.2, 0) is 0 Å². The van der Waals surface area contributed by atoms with Gasteiger partial charge in [-0.1, -0.05) is 63.6 Å². The highest BCUT2D eigenvalue weighted by molar-refractivity contribution is 5.48. The summed E-state index contributed by atoms with van der Waals surface area (Å²) in [6.45, 7) is 5.76. The van der Waals surface area contributed by atoms with Gasteiger partial charge >= 0.3 is 0 Å². The summed E-state index contributed by atoms with van der Waals surface area (Å²) in [6.07, 6.45) is 11.2. The lowest BCUT2D eigenvalue weighted by Gasteiger charge is -2.30. The van der Waals surface area contributed by atoms with Crippen LogP contribution in [0.4, 0.5) is 5.69 Å². The van der Waals surface area contributed by atoms with Crippen LogP contribution >= 0.6 is 0 Å². The van der Waals surface area contributed by atoms with E-state index in [1.54, 1.807) is 0 Å². The average molecular weight is 312 g/mol. The van der Waals surface area contributed by atoms with E-state index in [1.807, 2.05) is 0 Å². The maximum absolute atomic E-state index is 2.34. The van der Waals surface area contributed by atoms with Crippen molar-refractivity contribution in [3.63, 3.8) is 0 Å². The number of aryl methyl sites for hydroxylation is 1. The smallest absolute Gasteiger partial charge is 0.135 e. The summed E-state index contributed by atoms with van der Waals surface area (Å²) in [7, 11) is 4.67. The Kier molecular flexibility index (Phi) is 10.8. The Balaban J connectivity index is 0.00000400. The molecule has 0 aliphatic heterocycles. The van der Waals surface area contributed by atoms with E-state index in [4.69, 9.17) is 0 Å². The molecule has 1 aromatic carbocycles. The van der Waals surface area contributed by atoms with Crippen LogP contribution in [0.15, 0.2) is 24.3 Å². The lowest BCUT2D eigenvalue weighted by molar-refractivity contribution is -0.00000459. The van der Waals surface area contributed by atoms with Gasteiger partial charge < -0.3 is 12.4 Å². The van der Waals surface area contributed by atoms with Crippen LogP contribution in [-0.4, -0.2) is 20.6 Å². The van der Waals surface area contributed by atoms with Gasteiger partial charge in [0.25, 0.3) is 0 Å². The van der Waals surface area contributed by atoms with Crippen LogP contribution < -0.4 is 16.9 Å². The molecule has 0 fully saturated rings. The third-order valence-corrected chi connectivity index (χ3v) is 4.34. The topological polar surface area (TPSA) is 0 Å². The molecule has 0 aliphatic rings. The van der Waals surface area contributed by atoms with Crippen molar-refractivity contribution < 1.29 is 12.4 Å². The molecule has 2 heteroatoms. The van der Waals surface area contributed by atoms with Gasteiger partial charge in [-0.2, -0.15) is 0 Å². The summed E-state index contributed by atoms with van der Waals surface area (Å²) in [5.74, 6) is 0. The molecule has 122 valence electrons. The number of hydrogen-bond acceptors (Lipinski definition) is 0. The molecule has 0 unspecified atom stereocenters. The van der Waals surface area contributed by atoms with Crippen molar-refractivity contribution in [2.45, 2.75) is 65.2 Å². The highest BCUT2D eigenvalue weighted by Crippen LogP contribution is 2.24. The number of hydrogen-bond donors (Lipinski definition) is 0. The Labute approximate surface area is 138 Å². The van der Waals surface area contributed by atoms with Crippen molar-refractivity contribution in [2.75, 3.05) is 20.6 Å². The molecule has 0 bridgehead atoms. The van der Waals surface area contributed by atoms with E-state index in [0.29, 0.717) is 0 Å². The first-order valence-corrected chi connectivity index (χ1v) is 8.47. The minimum absolute atomic E-state index is 0. The van der Waals surface area contributed by atoms with Gasteiger partial charge in [0.1, 0.15) is 5.69 Å². The second-order valence-corrected chi connectivity index (χ2v) is 6.67. The molecular formula is C19H34ClN. The van der Waals surface area contributed by atoms with Gasteiger partial charge in [0, 0.05) is 5.56 Å². The summed E-state index contributed by atoms with van der Waals surface area (Å²) in [5, 5.41) is 0. The van der Waals surface area contributed by atoms with E-state index < -0.39 is 0 Å². The summed E-state index contributed by atoms with van der Waals surface area (Å²) in [6, 6.07) is 8.80. The highest BCUT2D eigenvalue weighted by atomic mass is 35.5. The van der Waals surface area contributed by atoms with E-state index >= 15 is 0 Å². The first kappa shape index (κ1) is 20.5. The average Bonchev–Trinajstić information content (AvgIpc) is 2.42. The Morgan fingerprint density at radius 2 is 1.33 bits per heavy atom. The molecule has 0 aromatic heterocycles. The Morgan fingerprint density at radius 3 is 1.90 bits per heavy atom. The van der Waals surface area contributed by atoms with Crippen molar-refractivity contribution in [1.29, 1.82) is 0 Å². The fourth-order valence-corrected chi connectivity index (χ4v) is 3.00. The molecule has 1 rings (SSSR count). The van der Waals surface area contributed by atoms with E-state index in [1.165, 1.54) is 69.2 Å². The molecule has 0 aliphatic carbocycles. The molecule has 1 aromatic rings. The zero-order chi connectivity index (χ0) is 14.8. The maximum atomic E-state index is 2.34. The third kappa shape index (κ3) is 7.87. The number of nitrogens with zero attached hydrogens (tertiary/aromatic N) is 1. The quantitative estimate of drug-likeness (QED) is 0.460. The summed E-state index contributed by atoms with van der Waals surface area (Å²) < 4.78 is 1.02. The van der Waals surface area contributed by atoms with Gasteiger partial charge in [-0.25, -0.2) is 0 Å². The molecular weight excluding hydrogens is 278 g/mol. The van der Waals surface area contributed by atoms with Crippen molar-refractivity contribution in [3.05, 3.63) is 29.8 Å². The van der Waals surface area contributed by atoms with Crippen LogP contribution in [0.3, 0.4) is 0 Å². The molecule has 0 spiro atoms. The number of benzene rings is 1. The van der Waals surface area contributed by atoms with Gasteiger partial charge in [0.05, 0.1) is 20.6 Å². The van der Waals surface area contributed by atoms with Crippen molar-refractivity contribution in [1.82, 2.24) is 4.48 Å². The van der Waals surface area contributed by atoms with Gasteiger partial charge in [-0.15, -0.1) is 0 Å². The second-order valence-electron chi connectivity index (χ2n) is 6.67. The molecule has 0 saturated carbocycles. The predicted octanol–water partition coefficient (Wildman–Crippen LogP) is 2.71. The van der Waals surface area contributed by atoms with Gasteiger partial charge in [-0.05, 0) is 25.8 Å². The number of para-hydroxylation sites is 1. The fourth-order valence-electron chi connectivity index (χ4n) is 3.00. The standard InChI is InChI=1S/C19H34N.ClH/c1-5-6-7-8-9-10-11-14-17-20(3,4)19-16-13-12-15-18(19)2;/h12-13,15-16H,5-11,14,17H2,1-4H3;1H/q+1;/p-1. The monoisotopic (exact) mass is 311 g/mol. The Hall–Kier alpha value is -0.530. The molecule has 0 amide bonds. The number of halogens is 1. The van der Waals surface area contributed by atoms with Crippen LogP contribution in [0, 0.1) is 6.92 Å². The molecule has 0 N–H and O–H groups in total. The molecule has 1 nitrogen and oxygen atoms in total. The molecule has 0 heterocycles. The number of rotatable bonds is 10. The van der Waals surface area contributed by atoms with Gasteiger partial charge in [0.2, 0.25) is 0 Å². The Bertz CT molecular complexity index is 374. The summed E-state index contributed by atoms with van der Waals surface area (Å²) >= 11 is 0. The normalized spacial score (nSPS) is 11.2. The lowest BCUT2D eigenvalue weighted by Crippen LogP contribution is -3.00. The van der Waals surface area contributed by atoms with E-state index in [0.717, 1.165) is 4.48 Å². The fraction of sp³-hybridized carbons (Fsp3) is 0.684. The van der Waals surface area contributed by atoms with E-state index in [2.05, 4.69) is 52.2 Å². The van der Waals surface area contributed by atoms with Crippen LogP contribution in [0.2, 0.25) is 0 Å². The zero-order valence-corrected chi connectivity index (χ0v) is 15.3. The third-order valence-electron chi connectivity index (χ3n) is 4.34. The highest BCUT2D eigenvalue weighted by Gasteiger charge is 2.19. The van der Waals surface area contributed by atoms with Crippen LogP contribution in [0.25, 0.3) is 0 Å². The maximum Gasteiger partial charge on any atom is 0.135 e. The predicted molar refractivity (Wildman–Crippen MR) is 92.3 cm³/mol. The minimum Gasteiger partial charge on any atom is -1.00 e. The number of quaternary nitrogens is 1. The minimum atomic E-state index is 0. The summed E-state index contributed by atoms with van der Waals surface area (Å²) in [4.78, 5) is 0. The van der Waals surface area contributed by atoms with Gasteiger partial charge in [0.15, 0.2) is 0 Å². The second kappa shape index (κ2) is 11.1. The molecule has 21 heavy (non-hydrogen) atoms. The van der Waals surface area contributed by atoms with Crippen LogP contribution in [0.1, 0.15) is 63.9 Å². The Morgan fingerprint density at radius 1 is 0.810 bits per heavy atom.